The zero-order valence-electron chi connectivity index (χ0n) is 9.95. The van der Waals surface area contributed by atoms with E-state index in [2.05, 4.69) is 31.2 Å². The third kappa shape index (κ3) is 3.26. The number of aromatic nitrogens is 2. The van der Waals surface area contributed by atoms with E-state index in [-0.39, 0.29) is 5.82 Å². The van der Waals surface area contributed by atoms with Gasteiger partial charge in [0, 0.05) is 22.8 Å². The fourth-order valence-electron chi connectivity index (χ4n) is 1.55. The number of hydrogen-bond acceptors (Lipinski definition) is 3. The summed E-state index contributed by atoms with van der Waals surface area (Å²) in [6, 6.07) is 6.52. The van der Waals surface area contributed by atoms with Crippen molar-refractivity contribution in [3.8, 4) is 0 Å². The third-order valence-electron chi connectivity index (χ3n) is 2.55. The van der Waals surface area contributed by atoms with E-state index in [4.69, 9.17) is 0 Å². The molecule has 3 nitrogen and oxygen atoms in total. The predicted molar refractivity (Wildman–Crippen MR) is 72.8 cm³/mol. The van der Waals surface area contributed by atoms with Gasteiger partial charge in [0.25, 0.3) is 0 Å². The maximum absolute atomic E-state index is 13.1. The number of rotatable bonds is 4. The van der Waals surface area contributed by atoms with Crippen molar-refractivity contribution in [2.24, 2.45) is 0 Å². The molecule has 2 aromatic rings. The van der Waals surface area contributed by atoms with Gasteiger partial charge in [0.05, 0.1) is 0 Å². The minimum Gasteiger partial charge on any atom is -0.366 e. The van der Waals surface area contributed by atoms with Gasteiger partial charge in [-0.15, -0.1) is 0 Å². The molecule has 0 aliphatic carbocycles. The van der Waals surface area contributed by atoms with Crippen LogP contribution in [0.4, 0.5) is 10.2 Å². The minimum atomic E-state index is -0.244. The molecule has 0 fully saturated rings. The molecule has 1 heterocycles. The number of anilines is 1. The summed E-state index contributed by atoms with van der Waals surface area (Å²) in [7, 11) is 0. The standard InChI is InChI=1S/C13H13BrFN3/c1-2-11-6-13(18-8-17-11)16-7-9-5-10(15)3-4-12(9)14/h3-6,8H,2,7H2,1H3,(H,16,17,18). The Bertz CT molecular complexity index is 546. The average Bonchev–Trinajstić information content (AvgIpc) is 2.40. The molecule has 0 saturated heterocycles. The van der Waals surface area contributed by atoms with E-state index in [0.717, 1.165) is 28.0 Å². The molecule has 0 radical (unpaired) electrons. The Balaban J connectivity index is 2.08. The van der Waals surface area contributed by atoms with Crippen LogP contribution < -0.4 is 5.32 Å². The van der Waals surface area contributed by atoms with Crippen LogP contribution in [0.1, 0.15) is 18.2 Å². The summed E-state index contributed by atoms with van der Waals surface area (Å²) in [6.07, 6.45) is 2.39. The van der Waals surface area contributed by atoms with Gasteiger partial charge in [-0.25, -0.2) is 14.4 Å². The molecule has 0 amide bonds. The summed E-state index contributed by atoms with van der Waals surface area (Å²) in [5.41, 5.74) is 1.83. The SMILES string of the molecule is CCc1cc(NCc2cc(F)ccc2Br)ncn1. The van der Waals surface area contributed by atoms with Gasteiger partial charge in [-0.2, -0.15) is 0 Å². The Morgan fingerprint density at radius 1 is 1.28 bits per heavy atom. The van der Waals surface area contributed by atoms with Gasteiger partial charge in [-0.3, -0.25) is 0 Å². The predicted octanol–water partition coefficient (Wildman–Crippen LogP) is 3.55. The number of nitrogens with one attached hydrogen (secondary N) is 1. The Morgan fingerprint density at radius 3 is 2.89 bits per heavy atom. The van der Waals surface area contributed by atoms with Crippen LogP contribution in [0.25, 0.3) is 0 Å². The van der Waals surface area contributed by atoms with Gasteiger partial charge in [0.15, 0.2) is 0 Å². The van der Waals surface area contributed by atoms with Crippen molar-refractivity contribution in [1.82, 2.24) is 9.97 Å². The number of aryl methyl sites for hydroxylation is 1. The molecule has 0 saturated carbocycles. The molecule has 1 aromatic heterocycles. The van der Waals surface area contributed by atoms with Gasteiger partial charge in [0.1, 0.15) is 18.0 Å². The maximum Gasteiger partial charge on any atom is 0.129 e. The first-order chi connectivity index (χ1) is 8.69. The molecule has 1 N–H and O–H groups in total. The molecule has 18 heavy (non-hydrogen) atoms. The zero-order valence-corrected chi connectivity index (χ0v) is 11.5. The Morgan fingerprint density at radius 2 is 2.11 bits per heavy atom. The second kappa shape index (κ2) is 5.91. The van der Waals surface area contributed by atoms with Crippen molar-refractivity contribution in [1.29, 1.82) is 0 Å². The van der Waals surface area contributed by atoms with E-state index < -0.39 is 0 Å². The molecule has 0 spiro atoms. The summed E-state index contributed by atoms with van der Waals surface area (Å²) in [5, 5.41) is 3.16. The summed E-state index contributed by atoms with van der Waals surface area (Å²) >= 11 is 3.39. The second-order valence-electron chi connectivity index (χ2n) is 3.84. The Hall–Kier alpha value is -1.49. The first-order valence-electron chi connectivity index (χ1n) is 5.67. The van der Waals surface area contributed by atoms with E-state index in [1.165, 1.54) is 18.5 Å². The highest BCUT2D eigenvalue weighted by Gasteiger charge is 2.03. The van der Waals surface area contributed by atoms with E-state index in [9.17, 15) is 4.39 Å². The van der Waals surface area contributed by atoms with Crippen LogP contribution >= 0.6 is 15.9 Å². The Labute approximate surface area is 114 Å². The lowest BCUT2D eigenvalue weighted by Crippen LogP contribution is -2.03. The summed E-state index contributed by atoms with van der Waals surface area (Å²) in [5.74, 6) is 0.505. The van der Waals surface area contributed by atoms with Crippen LogP contribution in [0.5, 0.6) is 0 Å². The third-order valence-corrected chi connectivity index (χ3v) is 3.33. The van der Waals surface area contributed by atoms with Crippen LogP contribution in [-0.4, -0.2) is 9.97 Å². The molecule has 5 heteroatoms. The minimum absolute atomic E-state index is 0.244. The summed E-state index contributed by atoms with van der Waals surface area (Å²) < 4.78 is 14.0. The van der Waals surface area contributed by atoms with Gasteiger partial charge < -0.3 is 5.32 Å². The highest BCUT2D eigenvalue weighted by molar-refractivity contribution is 9.10. The lowest BCUT2D eigenvalue weighted by Gasteiger charge is -2.08. The van der Waals surface area contributed by atoms with Crippen LogP contribution in [0, 0.1) is 5.82 Å². The van der Waals surface area contributed by atoms with Crippen molar-refractivity contribution in [3.63, 3.8) is 0 Å². The maximum atomic E-state index is 13.1. The van der Waals surface area contributed by atoms with Crippen LogP contribution in [0.3, 0.4) is 0 Å². The highest BCUT2D eigenvalue weighted by Crippen LogP contribution is 2.19. The number of benzene rings is 1. The lowest BCUT2D eigenvalue weighted by molar-refractivity contribution is 0.625. The Kier molecular flexibility index (Phi) is 4.25. The topological polar surface area (TPSA) is 37.8 Å². The van der Waals surface area contributed by atoms with Gasteiger partial charge in [-0.1, -0.05) is 22.9 Å². The molecule has 0 aliphatic rings. The van der Waals surface area contributed by atoms with Crippen LogP contribution in [0.15, 0.2) is 35.1 Å². The molecule has 1 aromatic carbocycles. The average molecular weight is 310 g/mol. The summed E-state index contributed by atoms with van der Waals surface area (Å²) in [6.45, 7) is 2.55. The normalized spacial score (nSPS) is 10.4. The van der Waals surface area contributed by atoms with E-state index in [1.807, 2.05) is 13.0 Å². The van der Waals surface area contributed by atoms with E-state index in [0.29, 0.717) is 6.54 Å². The molecule has 94 valence electrons. The largest absolute Gasteiger partial charge is 0.366 e. The quantitative estimate of drug-likeness (QED) is 0.938. The fourth-order valence-corrected chi connectivity index (χ4v) is 1.94. The van der Waals surface area contributed by atoms with Crippen LogP contribution in [0.2, 0.25) is 0 Å². The van der Waals surface area contributed by atoms with Crippen LogP contribution in [-0.2, 0) is 13.0 Å². The fraction of sp³-hybridized carbons (Fsp3) is 0.231. The number of nitrogens with zero attached hydrogens (tertiary/aromatic N) is 2. The van der Waals surface area contributed by atoms with Crippen molar-refractivity contribution in [2.75, 3.05) is 5.32 Å². The first kappa shape index (κ1) is 13.0. The van der Waals surface area contributed by atoms with Gasteiger partial charge in [-0.05, 0) is 30.2 Å². The zero-order chi connectivity index (χ0) is 13.0. The molecule has 0 aliphatic heterocycles. The van der Waals surface area contributed by atoms with Gasteiger partial charge in [0.2, 0.25) is 0 Å². The molecule has 0 atom stereocenters. The van der Waals surface area contributed by atoms with E-state index in [1.54, 1.807) is 6.07 Å². The molecular formula is C13H13BrFN3. The molecule has 2 rings (SSSR count). The van der Waals surface area contributed by atoms with Crippen molar-refractivity contribution in [2.45, 2.75) is 19.9 Å². The molecular weight excluding hydrogens is 297 g/mol. The molecule has 0 unspecified atom stereocenters. The van der Waals surface area contributed by atoms with Crippen molar-refractivity contribution < 1.29 is 4.39 Å². The van der Waals surface area contributed by atoms with Gasteiger partial charge >= 0.3 is 0 Å². The molecule has 0 bridgehead atoms. The second-order valence-corrected chi connectivity index (χ2v) is 4.69. The highest BCUT2D eigenvalue weighted by atomic mass is 79.9. The van der Waals surface area contributed by atoms with Crippen molar-refractivity contribution >= 4 is 21.7 Å². The number of hydrogen-bond donors (Lipinski definition) is 1. The first-order valence-corrected chi connectivity index (χ1v) is 6.47. The number of halogens is 2. The van der Waals surface area contributed by atoms with E-state index >= 15 is 0 Å². The lowest BCUT2D eigenvalue weighted by atomic mass is 10.2. The smallest absolute Gasteiger partial charge is 0.129 e. The summed E-state index contributed by atoms with van der Waals surface area (Å²) in [4.78, 5) is 8.25. The monoisotopic (exact) mass is 309 g/mol. The van der Waals surface area contributed by atoms with Crippen molar-refractivity contribution in [3.05, 3.63) is 52.1 Å².